The van der Waals surface area contributed by atoms with Crippen LogP contribution < -0.4 is 20.5 Å². The predicted molar refractivity (Wildman–Crippen MR) is 73.5 cm³/mol. The van der Waals surface area contributed by atoms with Crippen LogP contribution in [0, 0.1) is 12.3 Å². The van der Waals surface area contributed by atoms with E-state index in [-0.39, 0.29) is 18.9 Å². The van der Waals surface area contributed by atoms with Gasteiger partial charge in [-0.05, 0) is 40.5 Å². The van der Waals surface area contributed by atoms with Gasteiger partial charge in [0.25, 0.3) is 0 Å². The summed E-state index contributed by atoms with van der Waals surface area (Å²) in [7, 11) is 0. The molecule has 1 aliphatic rings. The monoisotopic (exact) mass is 310 g/mol. The number of rotatable bonds is 4. The maximum Gasteiger partial charge on any atom is 0.231 e. The molecule has 0 amide bonds. The van der Waals surface area contributed by atoms with Gasteiger partial charge in [-0.15, -0.1) is 6.42 Å². The van der Waals surface area contributed by atoms with Crippen LogP contribution in [0.4, 0.5) is 0 Å². The van der Waals surface area contributed by atoms with Gasteiger partial charge < -0.3 is 15.2 Å². The summed E-state index contributed by atoms with van der Waals surface area (Å²) in [5.74, 6) is 4.10. The number of halogens is 1. The van der Waals surface area contributed by atoms with Crippen LogP contribution >= 0.6 is 15.9 Å². The van der Waals surface area contributed by atoms with Crippen LogP contribution in [0.2, 0.25) is 0 Å². The van der Waals surface area contributed by atoms with Crippen LogP contribution in [0.3, 0.4) is 0 Å². The van der Waals surface area contributed by atoms with Gasteiger partial charge in [0.15, 0.2) is 11.5 Å². The quantitative estimate of drug-likeness (QED) is 0.833. The highest BCUT2D eigenvalue weighted by Crippen LogP contribution is 2.41. The van der Waals surface area contributed by atoms with E-state index in [4.69, 9.17) is 21.6 Å². The highest BCUT2D eigenvalue weighted by molar-refractivity contribution is 9.10. The smallest absolute Gasteiger partial charge is 0.231 e. The van der Waals surface area contributed by atoms with E-state index in [0.29, 0.717) is 6.54 Å². The molecule has 2 unspecified atom stereocenters. The minimum Gasteiger partial charge on any atom is -0.454 e. The highest BCUT2D eigenvalue weighted by atomic mass is 79.9. The first-order valence-corrected chi connectivity index (χ1v) is 6.46. The molecule has 1 aromatic carbocycles. The molecule has 18 heavy (non-hydrogen) atoms. The maximum atomic E-state index is 5.78. The fourth-order valence-corrected chi connectivity index (χ4v) is 2.41. The number of nitrogens with one attached hydrogen (secondary N) is 1. The summed E-state index contributed by atoms with van der Waals surface area (Å²) in [6.07, 6.45) is 5.37. The zero-order valence-corrected chi connectivity index (χ0v) is 11.7. The van der Waals surface area contributed by atoms with E-state index in [1.807, 2.05) is 19.1 Å². The minimum absolute atomic E-state index is 0.0122. The van der Waals surface area contributed by atoms with Crippen molar-refractivity contribution in [3.8, 4) is 23.8 Å². The topological polar surface area (TPSA) is 56.5 Å². The summed E-state index contributed by atoms with van der Waals surface area (Å²) in [4.78, 5) is 0. The molecular formula is C13H15BrN2O2. The van der Waals surface area contributed by atoms with Crippen molar-refractivity contribution >= 4 is 15.9 Å². The van der Waals surface area contributed by atoms with Crippen molar-refractivity contribution in [2.45, 2.75) is 19.0 Å². The maximum absolute atomic E-state index is 5.78. The van der Waals surface area contributed by atoms with Gasteiger partial charge in [-0.3, -0.25) is 5.32 Å². The Morgan fingerprint density at radius 1 is 1.56 bits per heavy atom. The Hall–Kier alpha value is -1.22. The number of nitrogens with two attached hydrogens (primary N) is 1. The van der Waals surface area contributed by atoms with Gasteiger partial charge in [-0.2, -0.15) is 0 Å². The van der Waals surface area contributed by atoms with Crippen molar-refractivity contribution in [1.82, 2.24) is 5.32 Å². The molecule has 0 fully saturated rings. The molecule has 2 atom stereocenters. The van der Waals surface area contributed by atoms with Gasteiger partial charge in [0, 0.05) is 12.6 Å². The molecule has 0 radical (unpaired) electrons. The van der Waals surface area contributed by atoms with E-state index in [1.54, 1.807) is 0 Å². The molecule has 1 aromatic rings. The van der Waals surface area contributed by atoms with Crippen LogP contribution in [0.15, 0.2) is 16.6 Å². The lowest BCUT2D eigenvalue weighted by atomic mass is 10.1. The van der Waals surface area contributed by atoms with Crippen LogP contribution in [0.25, 0.3) is 0 Å². The second kappa shape index (κ2) is 5.61. The second-order valence-corrected chi connectivity index (χ2v) is 4.93. The lowest BCUT2D eigenvalue weighted by molar-refractivity contribution is 0.173. The number of benzene rings is 1. The Labute approximate surface area is 115 Å². The molecule has 0 aliphatic carbocycles. The number of hydrogen-bond donors (Lipinski definition) is 2. The number of terminal acetylenes is 1. The predicted octanol–water partition coefficient (Wildman–Crippen LogP) is 1.79. The van der Waals surface area contributed by atoms with Crippen LogP contribution in [-0.2, 0) is 0 Å². The average molecular weight is 311 g/mol. The Balaban J connectivity index is 2.27. The number of hydrogen-bond acceptors (Lipinski definition) is 4. The Kier molecular flexibility index (Phi) is 4.12. The van der Waals surface area contributed by atoms with Crippen molar-refractivity contribution < 1.29 is 9.47 Å². The van der Waals surface area contributed by atoms with E-state index in [0.717, 1.165) is 21.5 Å². The van der Waals surface area contributed by atoms with Crippen LogP contribution in [0.1, 0.15) is 18.5 Å². The van der Waals surface area contributed by atoms with E-state index < -0.39 is 0 Å². The summed E-state index contributed by atoms with van der Waals surface area (Å²) in [5.41, 5.74) is 6.81. The molecule has 5 heteroatoms. The molecule has 0 saturated carbocycles. The van der Waals surface area contributed by atoms with Crippen molar-refractivity contribution in [2.75, 3.05) is 13.3 Å². The third kappa shape index (κ3) is 2.61. The number of fused-ring (bicyclic) bond motifs is 1. The average Bonchev–Trinajstić information content (AvgIpc) is 2.84. The summed E-state index contributed by atoms with van der Waals surface area (Å²) in [5, 5.41) is 3.27. The zero-order chi connectivity index (χ0) is 13.1. The largest absolute Gasteiger partial charge is 0.454 e. The van der Waals surface area contributed by atoms with E-state index in [1.165, 1.54) is 0 Å². The molecule has 2 rings (SSSR count). The van der Waals surface area contributed by atoms with Gasteiger partial charge in [-0.1, -0.05) is 5.92 Å². The molecular weight excluding hydrogens is 296 g/mol. The Morgan fingerprint density at radius 3 is 3.00 bits per heavy atom. The van der Waals surface area contributed by atoms with Crippen molar-refractivity contribution in [3.63, 3.8) is 0 Å². The Bertz CT molecular complexity index is 485. The first-order valence-electron chi connectivity index (χ1n) is 5.67. The SMILES string of the molecule is C#CC(C)NC(CN)c1cc(Br)c2c(c1)OCO2. The van der Waals surface area contributed by atoms with Gasteiger partial charge >= 0.3 is 0 Å². The first-order chi connectivity index (χ1) is 8.65. The fraction of sp³-hybridized carbons (Fsp3) is 0.385. The molecule has 1 heterocycles. The van der Waals surface area contributed by atoms with E-state index >= 15 is 0 Å². The normalized spacial score (nSPS) is 16.1. The summed E-state index contributed by atoms with van der Waals surface area (Å²) < 4.78 is 11.6. The van der Waals surface area contributed by atoms with Crippen molar-refractivity contribution in [3.05, 3.63) is 22.2 Å². The van der Waals surface area contributed by atoms with Crippen molar-refractivity contribution in [2.24, 2.45) is 5.73 Å². The van der Waals surface area contributed by atoms with E-state index in [2.05, 4.69) is 27.2 Å². The lowest BCUT2D eigenvalue weighted by Gasteiger charge is -2.20. The van der Waals surface area contributed by atoms with Gasteiger partial charge in [0.2, 0.25) is 6.79 Å². The molecule has 96 valence electrons. The third-order valence-corrected chi connectivity index (χ3v) is 3.38. The minimum atomic E-state index is -0.0391. The standard InChI is InChI=1S/C13H15BrN2O2/c1-3-8(2)16-11(6-15)9-4-10(14)13-12(5-9)17-7-18-13/h1,4-5,8,11,16H,6-7,15H2,2H3. The van der Waals surface area contributed by atoms with Gasteiger partial charge in [0.05, 0.1) is 10.5 Å². The molecule has 3 N–H and O–H groups in total. The summed E-state index contributed by atoms with van der Waals surface area (Å²) in [6.45, 7) is 2.63. The molecule has 4 nitrogen and oxygen atoms in total. The summed E-state index contributed by atoms with van der Waals surface area (Å²) >= 11 is 3.47. The molecule has 1 aliphatic heterocycles. The zero-order valence-electron chi connectivity index (χ0n) is 10.1. The van der Waals surface area contributed by atoms with E-state index in [9.17, 15) is 0 Å². The van der Waals surface area contributed by atoms with Gasteiger partial charge in [0.1, 0.15) is 0 Å². The summed E-state index contributed by atoms with van der Waals surface area (Å²) in [6, 6.07) is 3.85. The second-order valence-electron chi connectivity index (χ2n) is 4.08. The number of ether oxygens (including phenoxy) is 2. The first kappa shape index (κ1) is 13.2. The van der Waals surface area contributed by atoms with Crippen LogP contribution in [0.5, 0.6) is 11.5 Å². The third-order valence-electron chi connectivity index (χ3n) is 2.79. The lowest BCUT2D eigenvalue weighted by Crippen LogP contribution is -2.34. The molecule has 0 spiro atoms. The Morgan fingerprint density at radius 2 is 2.33 bits per heavy atom. The molecule has 0 bridgehead atoms. The molecule has 0 saturated heterocycles. The van der Waals surface area contributed by atoms with Gasteiger partial charge in [-0.25, -0.2) is 0 Å². The fourth-order valence-electron chi connectivity index (χ4n) is 1.84. The highest BCUT2D eigenvalue weighted by Gasteiger charge is 2.21. The van der Waals surface area contributed by atoms with Crippen LogP contribution in [-0.4, -0.2) is 19.4 Å². The van der Waals surface area contributed by atoms with Crippen molar-refractivity contribution in [1.29, 1.82) is 0 Å². The molecule has 0 aromatic heterocycles.